The molecule has 122 valence electrons. The second-order valence-electron chi connectivity index (χ2n) is 5.24. The van der Waals surface area contributed by atoms with Crippen molar-refractivity contribution in [3.05, 3.63) is 60.3 Å². The number of nitrogens with one attached hydrogen (secondary N) is 2. The van der Waals surface area contributed by atoms with E-state index in [2.05, 4.69) is 22.1 Å². The number of hydrogen-bond acceptors (Lipinski definition) is 4. The summed E-state index contributed by atoms with van der Waals surface area (Å²) >= 11 is 1.58. The van der Waals surface area contributed by atoms with Gasteiger partial charge in [-0.05, 0) is 18.7 Å². The number of benzene rings is 1. The summed E-state index contributed by atoms with van der Waals surface area (Å²) in [5.74, 6) is 1.29. The van der Waals surface area contributed by atoms with Gasteiger partial charge < -0.3 is 22.1 Å². The Morgan fingerprint density at radius 1 is 1.48 bits per heavy atom. The number of aromatic nitrogens is 2. The summed E-state index contributed by atoms with van der Waals surface area (Å²) in [4.78, 5) is 0. The molecule has 0 radical (unpaired) electrons. The minimum atomic E-state index is -1.05. The molecule has 0 fully saturated rings. The van der Waals surface area contributed by atoms with E-state index in [1.165, 1.54) is 0 Å². The van der Waals surface area contributed by atoms with Crippen LogP contribution in [0.25, 0.3) is 0 Å². The number of anilines is 1. The molecule has 23 heavy (non-hydrogen) atoms. The van der Waals surface area contributed by atoms with E-state index in [0.717, 1.165) is 22.2 Å². The number of nitrogens with zero attached hydrogens (tertiary/aromatic N) is 2. The van der Waals surface area contributed by atoms with Crippen molar-refractivity contribution in [2.45, 2.75) is 12.6 Å². The second kappa shape index (κ2) is 7.33. The minimum absolute atomic E-state index is 0. The average Bonchev–Trinajstić information content (AvgIpc) is 3.08. The van der Waals surface area contributed by atoms with E-state index in [1.807, 2.05) is 47.9 Å². The van der Waals surface area contributed by atoms with Crippen LogP contribution in [-0.4, -0.2) is 37.3 Å². The highest BCUT2D eigenvalue weighted by atomic mass is 79.9. The van der Waals surface area contributed by atoms with Crippen LogP contribution in [0.5, 0.6) is 0 Å². The van der Waals surface area contributed by atoms with Crippen LogP contribution >= 0.6 is 11.8 Å². The first-order chi connectivity index (χ1) is 10.6. The molecule has 0 aliphatic carbocycles. The SMILES string of the molecule is C=CC[N+]1=C(Nc2cc(C)[nH]n2)SCC1(O)c1ccccc1.[Br-]. The van der Waals surface area contributed by atoms with Crippen molar-refractivity contribution in [2.24, 2.45) is 0 Å². The van der Waals surface area contributed by atoms with Gasteiger partial charge in [-0.2, -0.15) is 0 Å². The van der Waals surface area contributed by atoms with Gasteiger partial charge in [0.15, 0.2) is 0 Å². The Balaban J connectivity index is 0.00000192. The average molecular weight is 395 g/mol. The fraction of sp³-hybridized carbons (Fsp3) is 0.250. The van der Waals surface area contributed by atoms with Gasteiger partial charge >= 0.3 is 5.17 Å². The highest BCUT2D eigenvalue weighted by molar-refractivity contribution is 8.14. The lowest BCUT2D eigenvalue weighted by molar-refractivity contribution is -0.650. The molecule has 0 spiro atoms. The number of amidine groups is 1. The molecule has 2 heterocycles. The molecule has 2 aromatic rings. The molecule has 0 saturated heterocycles. The lowest BCUT2D eigenvalue weighted by atomic mass is 10.0. The van der Waals surface area contributed by atoms with Crippen molar-refractivity contribution < 1.29 is 26.7 Å². The van der Waals surface area contributed by atoms with E-state index in [4.69, 9.17) is 0 Å². The number of thioether (sulfide) groups is 1. The van der Waals surface area contributed by atoms with Crippen molar-refractivity contribution in [3.8, 4) is 0 Å². The van der Waals surface area contributed by atoms with Crippen LogP contribution in [0.4, 0.5) is 5.82 Å². The number of H-pyrrole nitrogens is 1. The molecule has 7 heteroatoms. The monoisotopic (exact) mass is 394 g/mol. The Labute approximate surface area is 150 Å². The van der Waals surface area contributed by atoms with Crippen molar-refractivity contribution in [1.29, 1.82) is 0 Å². The third-order valence-electron chi connectivity index (χ3n) is 3.59. The van der Waals surface area contributed by atoms with Crippen LogP contribution in [0.3, 0.4) is 0 Å². The quantitative estimate of drug-likeness (QED) is 0.473. The zero-order valence-corrected chi connectivity index (χ0v) is 15.2. The molecule has 0 bridgehead atoms. The predicted octanol–water partition coefficient (Wildman–Crippen LogP) is -0.719. The van der Waals surface area contributed by atoms with Crippen molar-refractivity contribution in [3.63, 3.8) is 0 Å². The molecule has 1 unspecified atom stereocenters. The molecule has 3 rings (SSSR count). The van der Waals surface area contributed by atoms with Gasteiger partial charge in [0, 0.05) is 17.3 Å². The van der Waals surface area contributed by atoms with Gasteiger partial charge in [-0.3, -0.25) is 5.10 Å². The minimum Gasteiger partial charge on any atom is -1.00 e. The van der Waals surface area contributed by atoms with Crippen LogP contribution < -0.4 is 22.3 Å². The summed E-state index contributed by atoms with van der Waals surface area (Å²) in [6.45, 7) is 6.30. The van der Waals surface area contributed by atoms with E-state index in [1.54, 1.807) is 17.8 Å². The van der Waals surface area contributed by atoms with Gasteiger partial charge in [-0.25, -0.2) is 9.89 Å². The Morgan fingerprint density at radius 3 is 2.83 bits per heavy atom. The first-order valence-electron chi connectivity index (χ1n) is 7.09. The summed E-state index contributed by atoms with van der Waals surface area (Å²) < 4.78 is 1.92. The van der Waals surface area contributed by atoms with Crippen molar-refractivity contribution in [1.82, 2.24) is 10.2 Å². The summed E-state index contributed by atoms with van der Waals surface area (Å²) in [5, 5.41) is 22.4. The highest BCUT2D eigenvalue weighted by Gasteiger charge is 2.45. The molecule has 1 aromatic carbocycles. The number of halogens is 1. The summed E-state index contributed by atoms with van der Waals surface area (Å²) in [5.41, 5.74) is 0.812. The predicted molar refractivity (Wildman–Crippen MR) is 90.1 cm³/mol. The van der Waals surface area contributed by atoms with Gasteiger partial charge in [0.2, 0.25) is 11.5 Å². The fourth-order valence-electron chi connectivity index (χ4n) is 2.50. The summed E-state index contributed by atoms with van der Waals surface area (Å²) in [6, 6.07) is 11.6. The molecule has 0 saturated carbocycles. The van der Waals surface area contributed by atoms with Gasteiger partial charge in [-0.15, -0.1) is 5.10 Å². The Kier molecular flexibility index (Phi) is 5.67. The smallest absolute Gasteiger partial charge is 0.315 e. The highest BCUT2D eigenvalue weighted by Crippen LogP contribution is 2.34. The molecule has 1 aliphatic rings. The maximum Gasteiger partial charge on any atom is 0.315 e. The van der Waals surface area contributed by atoms with E-state index in [0.29, 0.717) is 12.3 Å². The Morgan fingerprint density at radius 2 is 2.22 bits per heavy atom. The lowest BCUT2D eigenvalue weighted by Gasteiger charge is -2.23. The molecule has 0 amide bonds. The van der Waals surface area contributed by atoms with Gasteiger partial charge in [-0.1, -0.05) is 43.0 Å². The normalized spacial score (nSPS) is 20.3. The zero-order chi connectivity index (χ0) is 15.6. The molecule has 1 aromatic heterocycles. The molecule has 3 N–H and O–H groups in total. The van der Waals surface area contributed by atoms with E-state index in [-0.39, 0.29) is 17.0 Å². The fourth-order valence-corrected chi connectivity index (χ4v) is 3.71. The van der Waals surface area contributed by atoms with Gasteiger partial charge in [0.1, 0.15) is 6.54 Å². The van der Waals surface area contributed by atoms with Crippen LogP contribution in [0.1, 0.15) is 11.3 Å². The zero-order valence-electron chi connectivity index (χ0n) is 12.8. The number of aryl methyl sites for hydroxylation is 1. The van der Waals surface area contributed by atoms with E-state index < -0.39 is 5.72 Å². The lowest BCUT2D eigenvalue weighted by Crippen LogP contribution is -3.00. The van der Waals surface area contributed by atoms with Crippen molar-refractivity contribution in [2.75, 3.05) is 17.6 Å². The Bertz CT molecular complexity index is 716. The van der Waals surface area contributed by atoms with Crippen LogP contribution in [0, 0.1) is 6.92 Å². The largest absolute Gasteiger partial charge is 1.00 e. The molecule has 1 atom stereocenters. The number of aliphatic hydroxyl groups is 1. The molecule has 1 aliphatic heterocycles. The van der Waals surface area contributed by atoms with Crippen LogP contribution in [-0.2, 0) is 5.72 Å². The second-order valence-corrected chi connectivity index (χ2v) is 6.20. The van der Waals surface area contributed by atoms with Crippen molar-refractivity contribution >= 4 is 22.7 Å². The number of aromatic amines is 1. The Hall–Kier alpha value is -1.57. The first kappa shape index (κ1) is 17.8. The first-order valence-corrected chi connectivity index (χ1v) is 8.07. The number of hydrogen-bond donors (Lipinski definition) is 3. The number of rotatable bonds is 4. The van der Waals surface area contributed by atoms with Crippen LogP contribution in [0.15, 0.2) is 49.1 Å². The van der Waals surface area contributed by atoms with E-state index >= 15 is 0 Å². The maximum absolute atomic E-state index is 11.2. The van der Waals surface area contributed by atoms with E-state index in [9.17, 15) is 5.11 Å². The molecular weight excluding hydrogens is 376 g/mol. The third-order valence-corrected chi connectivity index (χ3v) is 4.73. The van der Waals surface area contributed by atoms with Crippen LogP contribution in [0.2, 0.25) is 0 Å². The standard InChI is InChI=1S/C16H18N4OS.BrH/c1-3-9-20-15(17-14-10-12(2)18-19-14)22-11-16(20,21)13-7-5-4-6-8-13;/h3-8,10,21H,1,9,11H2,2H3,(H,18,19);1H. The third kappa shape index (κ3) is 3.52. The van der Waals surface area contributed by atoms with Gasteiger partial charge in [0.25, 0.3) is 0 Å². The topological polar surface area (TPSA) is 64.0 Å². The summed E-state index contributed by atoms with van der Waals surface area (Å²) in [7, 11) is 0. The molecule has 5 nitrogen and oxygen atoms in total. The summed E-state index contributed by atoms with van der Waals surface area (Å²) in [6.07, 6.45) is 1.79. The maximum atomic E-state index is 11.2. The van der Waals surface area contributed by atoms with Gasteiger partial charge in [0.05, 0.1) is 5.75 Å². The molecular formula is C16H19BrN4OS.